The van der Waals surface area contributed by atoms with Gasteiger partial charge in [-0.3, -0.25) is 18.7 Å². The smallest absolute Gasteiger partial charge is 0.326 e. The zero-order valence-electron chi connectivity index (χ0n) is 17.3. The highest BCUT2D eigenvalue weighted by atomic mass is 32.2. The van der Waals surface area contributed by atoms with Gasteiger partial charge in [0.25, 0.3) is 20.2 Å². The summed E-state index contributed by atoms with van der Waals surface area (Å²) in [7, 11) is -11.0. The Labute approximate surface area is 178 Å². The number of hydrogen-bond donors (Lipinski definition) is 6. The van der Waals surface area contributed by atoms with Crippen LogP contribution >= 0.6 is 0 Å². The van der Waals surface area contributed by atoms with Gasteiger partial charge in [0.1, 0.15) is 0 Å². The number of hydrogen-bond acceptors (Lipinski definition) is 8. The van der Waals surface area contributed by atoms with E-state index >= 15 is 0 Å². The maximum atomic E-state index is 10.5. The van der Waals surface area contributed by atoms with Crippen LogP contribution in [0.4, 0.5) is 0 Å². The molecule has 182 valence electrons. The van der Waals surface area contributed by atoms with E-state index in [9.17, 15) is 26.4 Å². The van der Waals surface area contributed by atoms with Crippen LogP contribution in [0.15, 0.2) is 0 Å². The van der Waals surface area contributed by atoms with Gasteiger partial charge in [-0.1, -0.05) is 64.7 Å². The molecule has 0 fully saturated rings. The van der Waals surface area contributed by atoms with E-state index in [0.717, 1.165) is 6.54 Å². The Hall–Kier alpha value is -1.32. The van der Waals surface area contributed by atoms with Crippen LogP contribution in [0.25, 0.3) is 0 Å². The summed E-state index contributed by atoms with van der Waals surface area (Å²) < 4.78 is 58.8. The molecule has 0 aliphatic heterocycles. The van der Waals surface area contributed by atoms with Crippen molar-refractivity contribution in [2.75, 3.05) is 6.54 Å². The van der Waals surface area contributed by atoms with Gasteiger partial charge in [0.2, 0.25) is 10.5 Å². The average Bonchev–Trinajstić information content (AvgIpc) is 2.56. The van der Waals surface area contributed by atoms with E-state index in [-0.39, 0.29) is 6.15 Å². The molecule has 0 saturated carbocycles. The number of carbonyl (C=O) groups is 2. The maximum absolute atomic E-state index is 10.5. The molecule has 0 aliphatic carbocycles. The van der Waals surface area contributed by atoms with Crippen molar-refractivity contribution in [2.45, 2.75) is 81.6 Å². The molecule has 30 heavy (non-hydrogen) atoms. The Balaban J connectivity index is -0.000000480. The van der Waals surface area contributed by atoms with Gasteiger partial charge in [0.05, 0.1) is 0 Å². The monoisotopic (exact) mass is 480 g/mol. The number of aliphatic carboxylic acids is 2. The predicted octanol–water partition coefficient (Wildman–Crippen LogP) is 1.70. The zero-order valence-corrected chi connectivity index (χ0v) is 18.9. The van der Waals surface area contributed by atoms with Crippen molar-refractivity contribution >= 4 is 32.2 Å². The Morgan fingerprint density at radius 3 is 1.17 bits per heavy atom. The Morgan fingerprint density at radius 1 is 0.700 bits per heavy atom. The fraction of sp³-hybridized carbons (Fsp3) is 0.875. The minimum absolute atomic E-state index is 0. The van der Waals surface area contributed by atoms with Crippen LogP contribution in [0.1, 0.15) is 71.1 Å². The van der Waals surface area contributed by atoms with Gasteiger partial charge in [-0.15, -0.1) is 0 Å². The minimum atomic E-state index is -5.51. The summed E-state index contributed by atoms with van der Waals surface area (Å²) in [6.07, 6.45) is 13.9. The van der Waals surface area contributed by atoms with Gasteiger partial charge in [0, 0.05) is 0 Å². The summed E-state index contributed by atoms with van der Waals surface area (Å²) in [5, 5.41) is 10.2. The van der Waals surface area contributed by atoms with E-state index in [1.165, 1.54) is 64.2 Å². The number of carboxylic acids is 2. The normalized spacial score (nSPS) is 13.3. The number of rotatable bonds is 15. The molecule has 0 heterocycles. The molecule has 14 heteroatoms. The van der Waals surface area contributed by atoms with Crippen LogP contribution in [-0.2, 0) is 29.8 Å². The van der Waals surface area contributed by atoms with E-state index in [1.807, 2.05) is 0 Å². The molecule has 2 unspecified atom stereocenters. The first-order chi connectivity index (χ1) is 13.3. The number of unbranched alkanes of at least 4 members (excludes halogenated alkanes) is 9. The van der Waals surface area contributed by atoms with Gasteiger partial charge in [-0.2, -0.15) is 16.8 Å². The molecule has 0 aromatic carbocycles. The van der Waals surface area contributed by atoms with Crippen LogP contribution in [0, 0.1) is 0 Å². The molecule has 0 bridgehead atoms. The molecular formula is C16H36N2O10S2. The van der Waals surface area contributed by atoms with E-state index in [4.69, 9.17) is 25.1 Å². The maximum Gasteiger partial charge on any atom is 0.326 e. The lowest BCUT2D eigenvalue weighted by Gasteiger charge is -2.14. The zero-order chi connectivity index (χ0) is 23.1. The molecule has 0 aromatic heterocycles. The molecule has 0 aromatic rings. The largest absolute Gasteiger partial charge is 0.480 e. The second kappa shape index (κ2) is 17.4. The number of carboxylic acid groups (broad SMARTS) is 2. The fourth-order valence-corrected chi connectivity index (χ4v) is 4.67. The van der Waals surface area contributed by atoms with Crippen molar-refractivity contribution in [3.8, 4) is 0 Å². The topological polar surface area (TPSA) is 244 Å². The fourth-order valence-electron chi connectivity index (χ4n) is 2.46. The predicted molar refractivity (Wildman–Crippen MR) is 112 cm³/mol. The van der Waals surface area contributed by atoms with E-state index in [2.05, 4.69) is 6.92 Å². The molecular weight excluding hydrogens is 444 g/mol. The van der Waals surface area contributed by atoms with Crippen LogP contribution in [-0.4, -0.2) is 65.1 Å². The highest BCUT2D eigenvalue weighted by molar-refractivity contribution is 7.91. The van der Waals surface area contributed by atoms with Gasteiger partial charge < -0.3 is 22.1 Å². The molecule has 0 aliphatic rings. The summed E-state index contributed by atoms with van der Waals surface area (Å²) >= 11 is 0. The Morgan fingerprint density at radius 2 is 0.967 bits per heavy atom. The van der Waals surface area contributed by atoms with E-state index in [0.29, 0.717) is 0 Å². The lowest BCUT2D eigenvalue weighted by atomic mass is 10.1. The van der Waals surface area contributed by atoms with Crippen LogP contribution < -0.4 is 11.9 Å². The second-order valence-electron chi connectivity index (χ2n) is 6.52. The van der Waals surface area contributed by atoms with Crippen molar-refractivity contribution in [3.05, 3.63) is 0 Å². The Bertz CT molecular complexity index is 622. The first-order valence-corrected chi connectivity index (χ1v) is 12.4. The lowest BCUT2D eigenvalue weighted by molar-refractivity contribution is -0.143. The van der Waals surface area contributed by atoms with Gasteiger partial charge in [-0.05, 0) is 13.0 Å². The van der Waals surface area contributed by atoms with Crippen molar-refractivity contribution in [1.29, 1.82) is 0 Å². The SMILES string of the molecule is CCCCCCCCCCCCN.N.O=C(O)C(C(C(=O)O)S(=O)(=O)O)S(=O)(=O)O. The third-order valence-electron chi connectivity index (χ3n) is 3.96. The van der Waals surface area contributed by atoms with Gasteiger partial charge >= 0.3 is 11.9 Å². The van der Waals surface area contributed by atoms with Crippen LogP contribution in [0.3, 0.4) is 0 Å². The second-order valence-corrected chi connectivity index (χ2v) is 9.59. The van der Waals surface area contributed by atoms with Crippen molar-refractivity contribution in [1.82, 2.24) is 6.15 Å². The highest BCUT2D eigenvalue weighted by Gasteiger charge is 2.50. The number of nitrogens with two attached hydrogens (primary N) is 1. The van der Waals surface area contributed by atoms with Crippen molar-refractivity contribution in [2.24, 2.45) is 5.73 Å². The molecule has 0 rings (SSSR count). The summed E-state index contributed by atoms with van der Waals surface area (Å²) in [4.78, 5) is 20.7. The third kappa shape index (κ3) is 16.5. The van der Waals surface area contributed by atoms with Gasteiger partial charge in [0.15, 0.2) is 0 Å². The first-order valence-electron chi connectivity index (χ1n) is 9.38. The average molecular weight is 481 g/mol. The third-order valence-corrected chi connectivity index (χ3v) is 6.36. The Kier molecular flexibility index (Phi) is 19.3. The van der Waals surface area contributed by atoms with Crippen LogP contribution in [0.5, 0.6) is 0 Å². The molecule has 0 spiro atoms. The summed E-state index contributed by atoms with van der Waals surface area (Å²) in [5.41, 5.74) is 5.42. The van der Waals surface area contributed by atoms with Crippen LogP contribution in [0.2, 0.25) is 0 Å². The molecule has 12 nitrogen and oxygen atoms in total. The summed E-state index contributed by atoms with van der Waals surface area (Å²) in [5.74, 6) is -4.85. The molecule has 0 amide bonds. The quantitative estimate of drug-likeness (QED) is 0.145. The van der Waals surface area contributed by atoms with E-state index in [1.54, 1.807) is 0 Å². The summed E-state index contributed by atoms with van der Waals surface area (Å²) in [6.45, 7) is 3.14. The summed E-state index contributed by atoms with van der Waals surface area (Å²) in [6, 6.07) is 0. The molecule has 2 atom stereocenters. The van der Waals surface area contributed by atoms with Crippen molar-refractivity contribution < 1.29 is 45.7 Å². The van der Waals surface area contributed by atoms with Gasteiger partial charge in [-0.25, -0.2) is 0 Å². The van der Waals surface area contributed by atoms with E-state index < -0.39 is 42.7 Å². The standard InChI is InChI=1S/C12H27N.C4H6O10S2.H3N/c1-2-3-4-5-6-7-8-9-10-11-12-13;5-3(6)1(15(9,10)11)2(4(7)8)16(12,13)14;/h2-13H2,1H3;1-2H,(H,5,6)(H,7,8)(H,9,10,11)(H,12,13,14);1H3. The molecule has 9 N–H and O–H groups in total. The first kappa shape index (κ1) is 33.3. The molecule has 0 saturated heterocycles. The lowest BCUT2D eigenvalue weighted by Crippen LogP contribution is -2.49. The highest BCUT2D eigenvalue weighted by Crippen LogP contribution is 2.14. The minimum Gasteiger partial charge on any atom is -0.480 e. The van der Waals surface area contributed by atoms with Crippen molar-refractivity contribution in [3.63, 3.8) is 0 Å². The molecule has 0 radical (unpaired) electrons.